The van der Waals surface area contributed by atoms with E-state index in [1.54, 1.807) is 20.8 Å². The fourth-order valence-corrected chi connectivity index (χ4v) is 1.48. The Kier molecular flexibility index (Phi) is 3.42. The number of hydrogen-bond acceptors (Lipinski definition) is 3. The Hall–Kier alpha value is -0.910. The summed E-state index contributed by atoms with van der Waals surface area (Å²) in [6.07, 6.45) is -3.24. The highest BCUT2D eigenvalue weighted by atomic mass is 19.3. The van der Waals surface area contributed by atoms with E-state index in [4.69, 9.17) is 4.74 Å². The Bertz CT molecular complexity index is 276. The lowest BCUT2D eigenvalue weighted by Gasteiger charge is -2.38. The molecule has 0 spiro atoms. The van der Waals surface area contributed by atoms with Gasteiger partial charge in [-0.3, -0.25) is 4.90 Å². The van der Waals surface area contributed by atoms with Crippen molar-refractivity contribution >= 4 is 6.09 Å². The number of piperidine rings is 1. The van der Waals surface area contributed by atoms with Gasteiger partial charge in [-0.2, -0.15) is 0 Å². The molecule has 1 saturated heterocycles. The van der Waals surface area contributed by atoms with Crippen LogP contribution >= 0.6 is 0 Å². The zero-order valence-corrected chi connectivity index (χ0v) is 9.67. The monoisotopic (exact) mass is 237 g/mol. The third-order valence-electron chi connectivity index (χ3n) is 2.21. The highest BCUT2D eigenvalue weighted by Gasteiger charge is 2.47. The number of nitrogens with zero attached hydrogens (tertiary/aromatic N) is 1. The molecule has 0 aromatic carbocycles. The first kappa shape index (κ1) is 13.2. The van der Waals surface area contributed by atoms with Crippen LogP contribution in [0.25, 0.3) is 0 Å². The average Bonchev–Trinajstić information content (AvgIpc) is 2.06. The molecule has 1 fully saturated rings. The number of carbonyl (C=O) groups is 1. The zero-order chi connectivity index (χ0) is 12.6. The van der Waals surface area contributed by atoms with E-state index in [1.807, 2.05) is 0 Å². The number of hydrogen-bond donors (Lipinski definition) is 1. The molecule has 0 bridgehead atoms. The molecule has 4 nitrogen and oxygen atoms in total. The van der Waals surface area contributed by atoms with Crippen molar-refractivity contribution in [1.82, 2.24) is 4.90 Å². The van der Waals surface area contributed by atoms with Crippen LogP contribution in [0.4, 0.5) is 13.6 Å². The van der Waals surface area contributed by atoms with Crippen LogP contribution < -0.4 is 0 Å². The molecule has 1 heterocycles. The van der Waals surface area contributed by atoms with Crippen molar-refractivity contribution < 1.29 is 23.4 Å². The average molecular weight is 237 g/mol. The second-order valence-electron chi connectivity index (χ2n) is 4.91. The van der Waals surface area contributed by atoms with Crippen molar-refractivity contribution in [2.75, 3.05) is 6.54 Å². The smallest absolute Gasteiger partial charge is 0.412 e. The number of likely N-dealkylation sites (tertiary alicyclic amines) is 1. The van der Waals surface area contributed by atoms with Gasteiger partial charge in [0, 0.05) is 13.0 Å². The van der Waals surface area contributed by atoms with Crippen LogP contribution in [0.5, 0.6) is 0 Å². The van der Waals surface area contributed by atoms with Gasteiger partial charge in [0.2, 0.25) is 0 Å². The molecule has 94 valence electrons. The lowest BCUT2D eigenvalue weighted by atomic mass is 10.1. The first-order chi connectivity index (χ1) is 7.13. The van der Waals surface area contributed by atoms with Gasteiger partial charge in [-0.05, 0) is 27.2 Å². The van der Waals surface area contributed by atoms with Gasteiger partial charge in [0.1, 0.15) is 5.60 Å². The topological polar surface area (TPSA) is 49.8 Å². The second kappa shape index (κ2) is 4.16. The van der Waals surface area contributed by atoms with Gasteiger partial charge in [-0.25, -0.2) is 13.6 Å². The SMILES string of the molecule is CC(C)(C)OC(=O)N1CCCC(F)(F)C1O. The number of alkyl halides is 2. The summed E-state index contributed by atoms with van der Waals surface area (Å²) in [5.41, 5.74) is -0.760. The van der Waals surface area contributed by atoms with Crippen molar-refractivity contribution in [1.29, 1.82) is 0 Å². The molecule has 16 heavy (non-hydrogen) atoms. The van der Waals surface area contributed by atoms with E-state index >= 15 is 0 Å². The predicted molar refractivity (Wildman–Crippen MR) is 53.1 cm³/mol. The second-order valence-corrected chi connectivity index (χ2v) is 4.91. The Morgan fingerprint density at radius 1 is 1.50 bits per heavy atom. The largest absolute Gasteiger partial charge is 0.444 e. The molecule has 0 saturated carbocycles. The van der Waals surface area contributed by atoms with E-state index in [2.05, 4.69) is 0 Å². The summed E-state index contributed by atoms with van der Waals surface area (Å²) < 4.78 is 31.2. The number of rotatable bonds is 0. The third-order valence-corrected chi connectivity index (χ3v) is 2.21. The van der Waals surface area contributed by atoms with E-state index in [-0.39, 0.29) is 13.0 Å². The summed E-state index contributed by atoms with van der Waals surface area (Å²) in [6.45, 7) is 5.00. The first-order valence-electron chi connectivity index (χ1n) is 5.19. The van der Waals surface area contributed by atoms with E-state index in [0.717, 1.165) is 0 Å². The van der Waals surface area contributed by atoms with Crippen molar-refractivity contribution in [3.63, 3.8) is 0 Å². The summed E-state index contributed by atoms with van der Waals surface area (Å²) in [6, 6.07) is 0. The molecular formula is C10H17F2NO3. The van der Waals surface area contributed by atoms with E-state index in [0.29, 0.717) is 4.90 Å². The summed E-state index contributed by atoms with van der Waals surface area (Å²) in [7, 11) is 0. The molecule has 1 aliphatic rings. The molecule has 1 atom stereocenters. The van der Waals surface area contributed by atoms with E-state index in [9.17, 15) is 18.7 Å². The molecule has 0 radical (unpaired) electrons. The summed E-state index contributed by atoms with van der Waals surface area (Å²) in [5.74, 6) is -3.25. The number of halogens is 2. The molecule has 1 unspecified atom stereocenters. The Balaban J connectivity index is 2.69. The minimum Gasteiger partial charge on any atom is -0.444 e. The maximum absolute atomic E-state index is 13.1. The zero-order valence-electron chi connectivity index (χ0n) is 9.67. The highest BCUT2D eigenvalue weighted by Crippen LogP contribution is 2.32. The fourth-order valence-electron chi connectivity index (χ4n) is 1.48. The Labute approximate surface area is 93.2 Å². The lowest BCUT2D eigenvalue weighted by molar-refractivity contribution is -0.191. The summed E-state index contributed by atoms with van der Waals surface area (Å²) in [4.78, 5) is 12.2. The molecule has 0 aromatic heterocycles. The third kappa shape index (κ3) is 3.04. The van der Waals surface area contributed by atoms with Crippen LogP contribution in [0.2, 0.25) is 0 Å². The van der Waals surface area contributed by atoms with Gasteiger partial charge in [-0.15, -0.1) is 0 Å². The molecular weight excluding hydrogens is 220 g/mol. The number of carbonyl (C=O) groups excluding carboxylic acids is 1. The van der Waals surface area contributed by atoms with Crippen LogP contribution in [0, 0.1) is 0 Å². The van der Waals surface area contributed by atoms with Crippen molar-refractivity contribution in [2.24, 2.45) is 0 Å². The van der Waals surface area contributed by atoms with Gasteiger partial charge in [-0.1, -0.05) is 0 Å². The lowest BCUT2D eigenvalue weighted by Crippen LogP contribution is -2.55. The van der Waals surface area contributed by atoms with Crippen LogP contribution in [0.15, 0.2) is 0 Å². The fraction of sp³-hybridized carbons (Fsp3) is 0.900. The number of aliphatic hydroxyl groups excluding tert-OH is 1. The van der Waals surface area contributed by atoms with Gasteiger partial charge in [0.05, 0.1) is 0 Å². The predicted octanol–water partition coefficient (Wildman–Crippen LogP) is 1.97. The molecule has 1 N–H and O–H groups in total. The molecule has 1 rings (SSSR count). The number of aliphatic hydroxyl groups is 1. The van der Waals surface area contributed by atoms with Crippen LogP contribution in [0.1, 0.15) is 33.6 Å². The van der Waals surface area contributed by atoms with E-state index in [1.165, 1.54) is 0 Å². The van der Waals surface area contributed by atoms with Gasteiger partial charge < -0.3 is 9.84 Å². The molecule has 0 aliphatic carbocycles. The summed E-state index contributed by atoms with van der Waals surface area (Å²) in [5, 5.41) is 9.34. The maximum Gasteiger partial charge on any atom is 0.412 e. The molecule has 6 heteroatoms. The minimum atomic E-state index is -3.25. The normalized spacial score (nSPS) is 25.4. The highest BCUT2D eigenvalue weighted by molar-refractivity contribution is 5.68. The van der Waals surface area contributed by atoms with Crippen LogP contribution in [-0.4, -0.2) is 40.4 Å². The Morgan fingerprint density at radius 2 is 2.06 bits per heavy atom. The van der Waals surface area contributed by atoms with Gasteiger partial charge >= 0.3 is 6.09 Å². The number of ether oxygens (including phenoxy) is 1. The van der Waals surface area contributed by atoms with Gasteiger partial charge in [0.25, 0.3) is 5.92 Å². The summed E-state index contributed by atoms with van der Waals surface area (Å²) >= 11 is 0. The van der Waals surface area contributed by atoms with Crippen LogP contribution in [-0.2, 0) is 4.74 Å². The maximum atomic E-state index is 13.1. The van der Waals surface area contributed by atoms with Crippen molar-refractivity contribution in [3.05, 3.63) is 0 Å². The quantitative estimate of drug-likeness (QED) is 0.700. The first-order valence-corrected chi connectivity index (χ1v) is 5.19. The van der Waals surface area contributed by atoms with E-state index < -0.39 is 30.3 Å². The Morgan fingerprint density at radius 3 is 2.56 bits per heavy atom. The number of amides is 1. The van der Waals surface area contributed by atoms with Gasteiger partial charge in [0.15, 0.2) is 6.23 Å². The van der Waals surface area contributed by atoms with Crippen molar-refractivity contribution in [2.45, 2.75) is 51.4 Å². The molecule has 1 aliphatic heterocycles. The van der Waals surface area contributed by atoms with Crippen LogP contribution in [0.3, 0.4) is 0 Å². The molecule has 0 aromatic rings. The minimum absolute atomic E-state index is 0.0890. The van der Waals surface area contributed by atoms with Crippen molar-refractivity contribution in [3.8, 4) is 0 Å². The standard InChI is InChI=1S/C10H17F2NO3/c1-9(2,3)16-8(15)13-6-4-5-10(11,12)7(13)14/h7,14H,4-6H2,1-3H3. The molecule has 1 amide bonds.